The van der Waals surface area contributed by atoms with Crippen LogP contribution in [0.1, 0.15) is 15.9 Å². The molecular weight excluding hydrogens is 418 g/mol. The molecule has 0 fully saturated rings. The summed E-state index contributed by atoms with van der Waals surface area (Å²) < 4.78 is 10.6. The summed E-state index contributed by atoms with van der Waals surface area (Å²) in [6.07, 6.45) is 6.80. The van der Waals surface area contributed by atoms with Gasteiger partial charge in [-0.05, 0) is 55.0 Å². The number of nitrogens with zero attached hydrogens (tertiary/aromatic N) is 4. The first-order chi connectivity index (χ1) is 16.1. The Morgan fingerprint density at radius 1 is 0.879 bits per heavy atom. The van der Waals surface area contributed by atoms with Crippen molar-refractivity contribution in [2.75, 3.05) is 24.4 Å². The summed E-state index contributed by atoms with van der Waals surface area (Å²) in [5, 5.41) is 2.96. The number of carbonyl (C=O) groups excluding carboxylic acids is 1. The van der Waals surface area contributed by atoms with E-state index in [0.29, 0.717) is 28.7 Å². The third kappa shape index (κ3) is 4.90. The maximum Gasteiger partial charge on any atom is 0.255 e. The highest BCUT2D eigenvalue weighted by atomic mass is 16.5. The molecule has 0 aliphatic rings. The van der Waals surface area contributed by atoms with Crippen LogP contribution >= 0.6 is 0 Å². The van der Waals surface area contributed by atoms with Crippen LogP contribution in [0.15, 0.2) is 79.4 Å². The van der Waals surface area contributed by atoms with E-state index in [1.165, 1.54) is 0 Å². The minimum atomic E-state index is -0.284. The number of pyridine rings is 1. The van der Waals surface area contributed by atoms with E-state index in [1.807, 2.05) is 42.2 Å². The molecule has 2 heterocycles. The summed E-state index contributed by atoms with van der Waals surface area (Å²) in [7, 11) is 3.09. The fourth-order valence-electron chi connectivity index (χ4n) is 3.33. The van der Waals surface area contributed by atoms with Gasteiger partial charge < -0.3 is 14.8 Å². The molecule has 0 aliphatic heterocycles. The lowest BCUT2D eigenvalue weighted by Crippen LogP contribution is -2.16. The molecule has 1 N–H and O–H groups in total. The standard InChI is InChI=1S/C25H23N5O3/c1-17-5-6-19(29-24(31)18-13-21(32-2)16-22(14-18)33-3)15-23(17)30(20-7-11-26-12-8-20)25-27-9-4-10-28-25/h4-16H,1-3H3,(H,29,31). The Labute approximate surface area is 191 Å². The zero-order chi connectivity index (χ0) is 23.2. The molecule has 33 heavy (non-hydrogen) atoms. The van der Waals surface area contributed by atoms with Gasteiger partial charge in [-0.25, -0.2) is 9.97 Å². The number of methoxy groups -OCH3 is 2. The third-order valence-corrected chi connectivity index (χ3v) is 4.99. The molecule has 0 aliphatic carbocycles. The molecule has 0 saturated heterocycles. The first kappa shape index (κ1) is 21.8. The molecule has 2 aromatic heterocycles. The van der Waals surface area contributed by atoms with Gasteiger partial charge in [0.2, 0.25) is 5.95 Å². The number of benzene rings is 2. The minimum Gasteiger partial charge on any atom is -0.497 e. The molecular formula is C25H23N5O3. The number of aromatic nitrogens is 3. The predicted molar refractivity (Wildman–Crippen MR) is 127 cm³/mol. The Kier molecular flexibility index (Phi) is 6.45. The SMILES string of the molecule is COc1cc(OC)cc(C(=O)Nc2ccc(C)c(N(c3ccncc3)c3ncccn3)c2)c1. The fourth-order valence-corrected chi connectivity index (χ4v) is 3.33. The molecule has 8 heteroatoms. The van der Waals surface area contributed by atoms with E-state index in [9.17, 15) is 4.79 Å². The lowest BCUT2D eigenvalue weighted by molar-refractivity contribution is 0.102. The van der Waals surface area contributed by atoms with Crippen LogP contribution in [0.3, 0.4) is 0 Å². The van der Waals surface area contributed by atoms with Crippen molar-refractivity contribution in [3.8, 4) is 11.5 Å². The van der Waals surface area contributed by atoms with Gasteiger partial charge in [-0.2, -0.15) is 0 Å². The van der Waals surface area contributed by atoms with Crippen LogP contribution in [0.4, 0.5) is 23.0 Å². The fraction of sp³-hybridized carbons (Fsp3) is 0.120. The van der Waals surface area contributed by atoms with Gasteiger partial charge in [0.1, 0.15) is 11.5 Å². The highest BCUT2D eigenvalue weighted by molar-refractivity contribution is 6.05. The maximum atomic E-state index is 13.0. The van der Waals surface area contributed by atoms with Crippen LogP contribution in [0.2, 0.25) is 0 Å². The first-order valence-electron chi connectivity index (χ1n) is 10.2. The molecule has 4 rings (SSSR count). The summed E-state index contributed by atoms with van der Waals surface area (Å²) >= 11 is 0. The molecule has 2 aromatic carbocycles. The molecule has 0 unspecified atom stereocenters. The van der Waals surface area contributed by atoms with Gasteiger partial charge in [0.05, 0.1) is 25.6 Å². The topological polar surface area (TPSA) is 89.5 Å². The van der Waals surface area contributed by atoms with Gasteiger partial charge in [-0.15, -0.1) is 0 Å². The van der Waals surface area contributed by atoms with Crippen molar-refractivity contribution < 1.29 is 14.3 Å². The van der Waals surface area contributed by atoms with Gasteiger partial charge in [0.15, 0.2) is 0 Å². The zero-order valence-electron chi connectivity index (χ0n) is 18.5. The van der Waals surface area contributed by atoms with Crippen molar-refractivity contribution in [2.24, 2.45) is 0 Å². The molecule has 0 saturated carbocycles. The van der Waals surface area contributed by atoms with E-state index < -0.39 is 0 Å². The Hall–Kier alpha value is -4.46. The number of carbonyl (C=O) groups is 1. The van der Waals surface area contributed by atoms with Crippen LogP contribution < -0.4 is 19.7 Å². The van der Waals surface area contributed by atoms with Crippen LogP contribution in [0.5, 0.6) is 11.5 Å². The lowest BCUT2D eigenvalue weighted by Gasteiger charge is -2.25. The largest absolute Gasteiger partial charge is 0.497 e. The van der Waals surface area contributed by atoms with Gasteiger partial charge in [0.25, 0.3) is 5.91 Å². The normalized spacial score (nSPS) is 10.4. The molecule has 0 radical (unpaired) electrons. The van der Waals surface area contributed by atoms with Gasteiger partial charge in [-0.3, -0.25) is 14.7 Å². The van der Waals surface area contributed by atoms with Crippen LogP contribution in [0.25, 0.3) is 0 Å². The van der Waals surface area contributed by atoms with Gasteiger partial charge in [0, 0.05) is 42.1 Å². The van der Waals surface area contributed by atoms with Gasteiger partial charge >= 0.3 is 0 Å². The minimum absolute atomic E-state index is 0.284. The molecule has 0 bridgehead atoms. The summed E-state index contributed by atoms with van der Waals surface area (Å²) in [6, 6.07) is 16.2. The number of hydrogen-bond donors (Lipinski definition) is 1. The summed E-state index contributed by atoms with van der Waals surface area (Å²) in [5.41, 5.74) is 3.71. The number of aryl methyl sites for hydroxylation is 1. The van der Waals surface area contributed by atoms with E-state index in [1.54, 1.807) is 63.3 Å². The highest BCUT2D eigenvalue weighted by Crippen LogP contribution is 2.35. The maximum absolute atomic E-state index is 13.0. The Bertz CT molecular complexity index is 1190. The number of nitrogens with one attached hydrogen (secondary N) is 1. The van der Waals surface area contributed by atoms with E-state index in [4.69, 9.17) is 9.47 Å². The smallest absolute Gasteiger partial charge is 0.255 e. The quantitative estimate of drug-likeness (QED) is 0.435. The molecule has 8 nitrogen and oxygen atoms in total. The van der Waals surface area contributed by atoms with Crippen LogP contribution in [-0.2, 0) is 0 Å². The number of rotatable bonds is 7. The number of anilines is 4. The second-order valence-electron chi connectivity index (χ2n) is 7.15. The zero-order valence-corrected chi connectivity index (χ0v) is 18.5. The van der Waals surface area contributed by atoms with E-state index in [-0.39, 0.29) is 5.91 Å². The molecule has 0 spiro atoms. The molecule has 4 aromatic rings. The number of hydrogen-bond acceptors (Lipinski definition) is 7. The Balaban J connectivity index is 1.71. The average Bonchev–Trinajstić information content (AvgIpc) is 2.87. The summed E-state index contributed by atoms with van der Waals surface area (Å²) in [6.45, 7) is 1.99. The monoisotopic (exact) mass is 441 g/mol. The van der Waals surface area contributed by atoms with Crippen molar-refractivity contribution in [3.05, 3.63) is 90.5 Å². The number of amides is 1. The van der Waals surface area contributed by atoms with Crippen LogP contribution in [-0.4, -0.2) is 35.1 Å². The van der Waals surface area contributed by atoms with Crippen molar-refractivity contribution in [1.82, 2.24) is 15.0 Å². The summed E-state index contributed by atoms with van der Waals surface area (Å²) in [4.78, 5) is 27.9. The van der Waals surface area contributed by atoms with E-state index >= 15 is 0 Å². The van der Waals surface area contributed by atoms with Crippen molar-refractivity contribution in [1.29, 1.82) is 0 Å². The first-order valence-corrected chi connectivity index (χ1v) is 10.2. The average molecular weight is 441 g/mol. The third-order valence-electron chi connectivity index (χ3n) is 4.99. The second-order valence-corrected chi connectivity index (χ2v) is 7.15. The van der Waals surface area contributed by atoms with Crippen molar-refractivity contribution in [3.63, 3.8) is 0 Å². The molecule has 166 valence electrons. The van der Waals surface area contributed by atoms with E-state index in [0.717, 1.165) is 16.9 Å². The van der Waals surface area contributed by atoms with Crippen molar-refractivity contribution >= 4 is 28.9 Å². The van der Waals surface area contributed by atoms with E-state index in [2.05, 4.69) is 20.3 Å². The van der Waals surface area contributed by atoms with Crippen molar-refractivity contribution in [2.45, 2.75) is 6.92 Å². The van der Waals surface area contributed by atoms with Gasteiger partial charge in [-0.1, -0.05) is 6.07 Å². The Morgan fingerprint density at radius 2 is 1.55 bits per heavy atom. The molecule has 0 atom stereocenters. The number of ether oxygens (including phenoxy) is 2. The Morgan fingerprint density at radius 3 is 2.18 bits per heavy atom. The lowest BCUT2D eigenvalue weighted by atomic mass is 10.1. The predicted octanol–water partition coefficient (Wildman–Crippen LogP) is 4.92. The summed E-state index contributed by atoms with van der Waals surface area (Å²) in [5.74, 6) is 1.30. The van der Waals surface area contributed by atoms with Crippen LogP contribution in [0, 0.1) is 6.92 Å². The highest BCUT2D eigenvalue weighted by Gasteiger charge is 2.18. The molecule has 1 amide bonds. The second kappa shape index (κ2) is 9.78.